The van der Waals surface area contributed by atoms with Gasteiger partial charge in [-0.2, -0.15) is 5.10 Å². The van der Waals surface area contributed by atoms with Gasteiger partial charge in [-0.1, -0.05) is 18.2 Å². The summed E-state index contributed by atoms with van der Waals surface area (Å²) in [6.45, 7) is 6.44. The zero-order chi connectivity index (χ0) is 15.4. The molecule has 0 spiro atoms. The minimum atomic E-state index is 0.590. The van der Waals surface area contributed by atoms with Gasteiger partial charge in [0.05, 0.1) is 19.0 Å². The molecular weight excluding hydrogens is 314 g/mol. The number of nitrogens with zero attached hydrogens (tertiary/aromatic N) is 3. The molecule has 0 unspecified atom stereocenters. The van der Waals surface area contributed by atoms with Crippen molar-refractivity contribution in [3.63, 3.8) is 0 Å². The second kappa shape index (κ2) is 6.72. The molecule has 3 heterocycles. The fourth-order valence-corrected chi connectivity index (χ4v) is 3.19. The molecule has 3 aromatic heterocycles. The van der Waals surface area contributed by atoms with Gasteiger partial charge in [0.2, 0.25) is 4.80 Å². The Balaban J connectivity index is 2.05. The molecule has 0 saturated heterocycles. The summed E-state index contributed by atoms with van der Waals surface area (Å²) in [4.78, 5) is 6.48. The fraction of sp³-hybridized carbons (Fsp3) is 0.125. The Kier molecular flexibility index (Phi) is 4.50. The van der Waals surface area contributed by atoms with Crippen molar-refractivity contribution in [2.45, 2.75) is 6.92 Å². The molecule has 0 amide bonds. The summed E-state index contributed by atoms with van der Waals surface area (Å²) in [5.41, 5.74) is 1.91. The van der Waals surface area contributed by atoms with E-state index in [1.54, 1.807) is 17.6 Å². The molecule has 0 atom stereocenters. The lowest BCUT2D eigenvalue weighted by atomic mass is 10.4. The van der Waals surface area contributed by atoms with E-state index in [2.05, 4.69) is 16.7 Å². The van der Waals surface area contributed by atoms with Crippen LogP contribution in [0.2, 0.25) is 0 Å². The van der Waals surface area contributed by atoms with Crippen LogP contribution in [0.4, 0.5) is 0 Å². The smallest absolute Gasteiger partial charge is 0.206 e. The van der Waals surface area contributed by atoms with Crippen molar-refractivity contribution in [1.29, 1.82) is 0 Å². The summed E-state index contributed by atoms with van der Waals surface area (Å²) < 4.78 is 7.30. The molecule has 0 aliphatic heterocycles. The Morgan fingerprint density at radius 1 is 1.36 bits per heavy atom. The van der Waals surface area contributed by atoms with Crippen LogP contribution < -0.4 is 4.80 Å². The molecular formula is C16H15N3OS2. The summed E-state index contributed by atoms with van der Waals surface area (Å²) >= 11 is 3.18. The van der Waals surface area contributed by atoms with Crippen molar-refractivity contribution in [2.24, 2.45) is 10.1 Å². The summed E-state index contributed by atoms with van der Waals surface area (Å²) in [5.74, 6) is 0.774. The van der Waals surface area contributed by atoms with E-state index in [1.165, 1.54) is 11.3 Å². The first kappa shape index (κ1) is 14.7. The van der Waals surface area contributed by atoms with E-state index in [0.717, 1.165) is 26.7 Å². The number of furan rings is 1. The maximum atomic E-state index is 5.49. The van der Waals surface area contributed by atoms with E-state index >= 15 is 0 Å². The maximum absolute atomic E-state index is 5.49. The SMILES string of the molecule is C=C(C)CN=c1scc(-c2ccco2)n1N=Cc1cccs1. The van der Waals surface area contributed by atoms with E-state index < -0.39 is 0 Å². The Hall–Kier alpha value is -2.18. The highest BCUT2D eigenvalue weighted by molar-refractivity contribution is 7.11. The third-order valence-corrected chi connectivity index (χ3v) is 4.45. The summed E-state index contributed by atoms with van der Waals surface area (Å²) in [5, 5.41) is 8.60. The van der Waals surface area contributed by atoms with Crippen molar-refractivity contribution in [2.75, 3.05) is 6.54 Å². The van der Waals surface area contributed by atoms with Gasteiger partial charge in [-0.25, -0.2) is 4.68 Å². The van der Waals surface area contributed by atoms with Crippen LogP contribution in [0.5, 0.6) is 0 Å². The van der Waals surface area contributed by atoms with Crippen LogP contribution in [-0.2, 0) is 0 Å². The van der Waals surface area contributed by atoms with Gasteiger partial charge in [0, 0.05) is 10.3 Å². The van der Waals surface area contributed by atoms with E-state index in [0.29, 0.717) is 6.54 Å². The number of hydrogen-bond acceptors (Lipinski definition) is 5. The molecule has 0 aliphatic rings. The second-order valence-electron chi connectivity index (χ2n) is 4.73. The topological polar surface area (TPSA) is 42.8 Å². The van der Waals surface area contributed by atoms with Gasteiger partial charge in [0.15, 0.2) is 5.76 Å². The number of hydrogen-bond donors (Lipinski definition) is 0. The Bertz CT molecular complexity index is 836. The first-order valence-electron chi connectivity index (χ1n) is 6.71. The van der Waals surface area contributed by atoms with Crippen molar-refractivity contribution >= 4 is 28.9 Å². The highest BCUT2D eigenvalue weighted by atomic mass is 32.1. The molecule has 0 fully saturated rings. The van der Waals surface area contributed by atoms with E-state index in [4.69, 9.17) is 4.42 Å². The minimum absolute atomic E-state index is 0.590. The van der Waals surface area contributed by atoms with Crippen LogP contribution in [0.25, 0.3) is 11.5 Å². The minimum Gasteiger partial charge on any atom is -0.463 e. The molecule has 0 saturated carbocycles. The van der Waals surface area contributed by atoms with Crippen LogP contribution in [0.1, 0.15) is 11.8 Å². The Labute approximate surface area is 136 Å². The van der Waals surface area contributed by atoms with Gasteiger partial charge in [-0.3, -0.25) is 4.99 Å². The number of thiazole rings is 1. The third-order valence-electron chi connectivity index (χ3n) is 2.79. The van der Waals surface area contributed by atoms with Crippen LogP contribution >= 0.6 is 22.7 Å². The van der Waals surface area contributed by atoms with E-state index in [-0.39, 0.29) is 0 Å². The highest BCUT2D eigenvalue weighted by Crippen LogP contribution is 2.20. The number of rotatable bonds is 5. The lowest BCUT2D eigenvalue weighted by Crippen LogP contribution is -2.12. The molecule has 3 rings (SSSR count). The average Bonchev–Trinajstić information content (AvgIpc) is 3.23. The Morgan fingerprint density at radius 2 is 2.27 bits per heavy atom. The van der Waals surface area contributed by atoms with Crippen molar-refractivity contribution < 1.29 is 4.42 Å². The highest BCUT2D eigenvalue weighted by Gasteiger charge is 2.09. The zero-order valence-electron chi connectivity index (χ0n) is 12.1. The lowest BCUT2D eigenvalue weighted by Gasteiger charge is -2.00. The standard InChI is InChI=1S/C16H15N3OS2/c1-12(2)9-17-16-19(18-10-13-5-4-8-21-13)14(11-22-16)15-6-3-7-20-15/h3-8,10-11H,1,9H2,2H3. The van der Waals surface area contributed by atoms with Crippen LogP contribution in [0.15, 0.2) is 68.0 Å². The lowest BCUT2D eigenvalue weighted by molar-refractivity contribution is 0.575. The monoisotopic (exact) mass is 329 g/mol. The average molecular weight is 329 g/mol. The zero-order valence-corrected chi connectivity index (χ0v) is 13.7. The van der Waals surface area contributed by atoms with Crippen molar-refractivity contribution in [3.05, 3.63) is 63.1 Å². The molecule has 0 radical (unpaired) electrons. The van der Waals surface area contributed by atoms with E-state index in [1.807, 2.05) is 52.8 Å². The number of thiophene rings is 1. The molecule has 0 aliphatic carbocycles. The van der Waals surface area contributed by atoms with Gasteiger partial charge in [-0.15, -0.1) is 22.7 Å². The quantitative estimate of drug-likeness (QED) is 0.510. The van der Waals surface area contributed by atoms with Gasteiger partial charge >= 0.3 is 0 Å². The molecule has 112 valence electrons. The summed E-state index contributed by atoms with van der Waals surface area (Å²) in [7, 11) is 0. The van der Waals surface area contributed by atoms with Gasteiger partial charge in [0.1, 0.15) is 5.69 Å². The maximum Gasteiger partial charge on any atom is 0.206 e. The number of aromatic nitrogens is 1. The first-order chi connectivity index (χ1) is 10.7. The molecule has 3 aromatic rings. The largest absolute Gasteiger partial charge is 0.463 e. The molecule has 6 heteroatoms. The van der Waals surface area contributed by atoms with Gasteiger partial charge in [-0.05, 0) is 30.5 Å². The Morgan fingerprint density at radius 3 is 2.95 bits per heavy atom. The molecule has 0 N–H and O–H groups in total. The van der Waals surface area contributed by atoms with Gasteiger partial charge in [0.25, 0.3) is 0 Å². The molecule has 4 nitrogen and oxygen atoms in total. The van der Waals surface area contributed by atoms with Crippen LogP contribution in [-0.4, -0.2) is 17.4 Å². The molecule has 0 aromatic carbocycles. The van der Waals surface area contributed by atoms with Crippen LogP contribution in [0, 0.1) is 0 Å². The predicted octanol–water partition coefficient (Wildman–Crippen LogP) is 4.23. The molecule has 22 heavy (non-hydrogen) atoms. The first-order valence-corrected chi connectivity index (χ1v) is 8.47. The summed E-state index contributed by atoms with van der Waals surface area (Å²) in [6.07, 6.45) is 3.49. The molecule has 0 bridgehead atoms. The normalized spacial score (nSPS) is 12.3. The van der Waals surface area contributed by atoms with Crippen molar-refractivity contribution in [1.82, 2.24) is 4.68 Å². The second-order valence-corrected chi connectivity index (χ2v) is 6.54. The van der Waals surface area contributed by atoms with Crippen LogP contribution in [0.3, 0.4) is 0 Å². The van der Waals surface area contributed by atoms with Crippen molar-refractivity contribution in [3.8, 4) is 11.5 Å². The fourth-order valence-electron chi connectivity index (χ4n) is 1.80. The van der Waals surface area contributed by atoms with Gasteiger partial charge < -0.3 is 4.42 Å². The van der Waals surface area contributed by atoms with E-state index in [9.17, 15) is 0 Å². The predicted molar refractivity (Wildman–Crippen MR) is 92.6 cm³/mol. The summed E-state index contributed by atoms with van der Waals surface area (Å²) in [6, 6.07) is 7.81. The third kappa shape index (κ3) is 3.35.